The first-order valence-electron chi connectivity index (χ1n) is 14.8. The lowest BCUT2D eigenvalue weighted by Crippen LogP contribution is -2.35. The smallest absolute Gasteiger partial charge is 0.305 e. The molecular weight excluding hydrogens is 536 g/mol. The first-order chi connectivity index (χ1) is 19.8. The van der Waals surface area contributed by atoms with Crippen molar-refractivity contribution < 1.29 is 34.0 Å². The Bertz CT molecular complexity index is 1100. The molecule has 2 aromatic carbocycles. The molecule has 0 heterocycles. The number of aliphatic hydroxyl groups is 1. The zero-order valence-electron chi connectivity index (χ0n) is 26.1. The van der Waals surface area contributed by atoms with E-state index in [-0.39, 0.29) is 49.2 Å². The van der Waals surface area contributed by atoms with Crippen molar-refractivity contribution in [2.24, 2.45) is 5.41 Å². The molecule has 4 N–H and O–H groups in total. The van der Waals surface area contributed by atoms with Gasteiger partial charge in [-0.25, -0.2) is 0 Å². The van der Waals surface area contributed by atoms with Crippen LogP contribution in [0.2, 0.25) is 0 Å². The number of phenolic OH excluding ortho intramolecular Hbond substituents is 1. The van der Waals surface area contributed by atoms with Gasteiger partial charge in [-0.3, -0.25) is 9.59 Å². The Balaban J connectivity index is 1.65. The fourth-order valence-corrected chi connectivity index (χ4v) is 4.37. The maximum atomic E-state index is 12.3. The quantitative estimate of drug-likeness (QED) is 0.138. The van der Waals surface area contributed by atoms with E-state index >= 15 is 0 Å². The number of nitrogens with one attached hydrogen (secondary N) is 2. The van der Waals surface area contributed by atoms with E-state index in [0.29, 0.717) is 32.4 Å². The van der Waals surface area contributed by atoms with E-state index in [0.717, 1.165) is 22.4 Å². The first-order valence-corrected chi connectivity index (χ1v) is 14.8. The van der Waals surface area contributed by atoms with Crippen LogP contribution in [0.3, 0.4) is 0 Å². The van der Waals surface area contributed by atoms with Gasteiger partial charge in [0.1, 0.15) is 12.4 Å². The van der Waals surface area contributed by atoms with Gasteiger partial charge >= 0.3 is 5.97 Å². The Hall–Kier alpha value is -3.14. The van der Waals surface area contributed by atoms with Gasteiger partial charge in [-0.2, -0.15) is 0 Å². The number of ether oxygens (including phenoxy) is 3. The molecule has 2 rings (SSSR count). The van der Waals surface area contributed by atoms with E-state index in [1.807, 2.05) is 57.2 Å². The number of amides is 1. The third-order valence-corrected chi connectivity index (χ3v) is 6.38. The van der Waals surface area contributed by atoms with Crippen molar-refractivity contribution in [1.82, 2.24) is 5.32 Å². The highest BCUT2D eigenvalue weighted by atomic mass is 16.7. The molecule has 0 aliphatic rings. The standard InChI is InChI=1S/C33H50N2O7/c1-23(2)41-32(42-28(21-36)19-33(4,5)6)22-40-31(39)9-7-8-30(38)34-17-16-25-11-13-27(14-12-25)35-20-26-18-24(3)10-15-29(26)37/h10-15,18,23,28,32,35-37H,7-9,16-17,19-22H2,1-6H3,(H,34,38). The fourth-order valence-electron chi connectivity index (χ4n) is 4.37. The molecule has 0 spiro atoms. The SMILES string of the molecule is Cc1ccc(O)c(CNc2ccc(CCNC(=O)CCCC(=O)OCC(OC(C)C)OC(CO)CC(C)(C)C)cc2)c1. The molecule has 0 bridgehead atoms. The summed E-state index contributed by atoms with van der Waals surface area (Å²) in [6, 6.07) is 13.5. The number of rotatable bonds is 18. The number of hydrogen-bond acceptors (Lipinski definition) is 8. The zero-order chi connectivity index (χ0) is 31.1. The molecular formula is C33H50N2O7. The number of aryl methyl sites for hydroxylation is 1. The molecule has 0 radical (unpaired) electrons. The molecule has 234 valence electrons. The van der Waals surface area contributed by atoms with E-state index in [2.05, 4.69) is 31.4 Å². The van der Waals surface area contributed by atoms with Crippen LogP contribution in [0.1, 0.15) is 77.0 Å². The van der Waals surface area contributed by atoms with Gasteiger partial charge in [-0.1, -0.05) is 50.6 Å². The maximum Gasteiger partial charge on any atom is 0.305 e. The average molecular weight is 587 g/mol. The minimum Gasteiger partial charge on any atom is -0.508 e. The van der Waals surface area contributed by atoms with Crippen LogP contribution in [-0.2, 0) is 36.8 Å². The summed E-state index contributed by atoms with van der Waals surface area (Å²) in [6.45, 7) is 12.7. The van der Waals surface area contributed by atoms with Crippen molar-refractivity contribution in [3.05, 3.63) is 59.2 Å². The minimum atomic E-state index is -0.775. The lowest BCUT2D eigenvalue weighted by Gasteiger charge is -2.29. The van der Waals surface area contributed by atoms with Crippen molar-refractivity contribution in [3.8, 4) is 5.75 Å². The predicted octanol–water partition coefficient (Wildman–Crippen LogP) is 5.25. The fraction of sp³-hybridized carbons (Fsp3) is 0.576. The Morgan fingerprint density at radius 1 is 1.00 bits per heavy atom. The van der Waals surface area contributed by atoms with Gasteiger partial charge in [0.05, 0.1) is 18.8 Å². The summed E-state index contributed by atoms with van der Waals surface area (Å²) in [5, 5.41) is 25.9. The number of anilines is 1. The Morgan fingerprint density at radius 3 is 2.36 bits per heavy atom. The van der Waals surface area contributed by atoms with E-state index in [9.17, 15) is 19.8 Å². The minimum absolute atomic E-state index is 0.0382. The van der Waals surface area contributed by atoms with Crippen LogP contribution in [0.25, 0.3) is 0 Å². The number of phenols is 1. The lowest BCUT2D eigenvalue weighted by atomic mass is 9.89. The number of aliphatic hydroxyl groups excluding tert-OH is 1. The van der Waals surface area contributed by atoms with Crippen molar-refractivity contribution in [2.75, 3.05) is 25.1 Å². The van der Waals surface area contributed by atoms with Crippen LogP contribution in [0.5, 0.6) is 5.75 Å². The summed E-state index contributed by atoms with van der Waals surface area (Å²) in [7, 11) is 0. The second-order valence-corrected chi connectivity index (χ2v) is 12.1. The lowest BCUT2D eigenvalue weighted by molar-refractivity contribution is -0.220. The highest BCUT2D eigenvalue weighted by Gasteiger charge is 2.24. The summed E-state index contributed by atoms with van der Waals surface area (Å²) < 4.78 is 17.0. The molecule has 9 heteroatoms. The van der Waals surface area contributed by atoms with E-state index in [4.69, 9.17) is 14.2 Å². The van der Waals surface area contributed by atoms with Gasteiger partial charge in [-0.15, -0.1) is 0 Å². The number of aromatic hydroxyl groups is 1. The van der Waals surface area contributed by atoms with Gasteiger partial charge in [0, 0.05) is 37.2 Å². The number of benzene rings is 2. The molecule has 0 saturated heterocycles. The third-order valence-electron chi connectivity index (χ3n) is 6.38. The van der Waals surface area contributed by atoms with Crippen LogP contribution in [0, 0.1) is 12.3 Å². The molecule has 0 aliphatic carbocycles. The largest absolute Gasteiger partial charge is 0.508 e. The molecule has 2 atom stereocenters. The van der Waals surface area contributed by atoms with Gasteiger partial charge in [0.15, 0.2) is 6.29 Å². The van der Waals surface area contributed by atoms with Crippen molar-refractivity contribution in [2.45, 2.75) is 98.7 Å². The molecule has 42 heavy (non-hydrogen) atoms. The summed E-state index contributed by atoms with van der Waals surface area (Å²) in [5.74, 6) is -0.265. The predicted molar refractivity (Wildman–Crippen MR) is 164 cm³/mol. The van der Waals surface area contributed by atoms with Crippen LogP contribution >= 0.6 is 0 Å². The number of hydrogen-bond donors (Lipinski definition) is 4. The Morgan fingerprint density at radius 2 is 1.71 bits per heavy atom. The highest BCUT2D eigenvalue weighted by Crippen LogP contribution is 2.24. The number of carbonyl (C=O) groups excluding carboxylic acids is 2. The molecule has 2 unspecified atom stereocenters. The van der Waals surface area contributed by atoms with E-state index < -0.39 is 18.4 Å². The topological polar surface area (TPSA) is 126 Å². The van der Waals surface area contributed by atoms with E-state index in [1.165, 1.54) is 0 Å². The maximum absolute atomic E-state index is 12.3. The molecule has 0 fully saturated rings. The molecule has 2 aromatic rings. The second kappa shape index (κ2) is 17.7. The summed E-state index contributed by atoms with van der Waals surface area (Å²) >= 11 is 0. The molecule has 0 aromatic heterocycles. The van der Waals surface area contributed by atoms with Crippen LogP contribution < -0.4 is 10.6 Å². The molecule has 1 amide bonds. The van der Waals surface area contributed by atoms with Gasteiger partial charge in [-0.05, 0) is 69.2 Å². The summed E-state index contributed by atoms with van der Waals surface area (Å²) in [4.78, 5) is 24.5. The summed E-state index contributed by atoms with van der Waals surface area (Å²) in [5.41, 5.74) is 3.94. The second-order valence-electron chi connectivity index (χ2n) is 12.1. The Kier molecular flexibility index (Phi) is 14.8. The van der Waals surface area contributed by atoms with Gasteiger partial charge in [0.2, 0.25) is 5.91 Å². The normalized spacial score (nSPS) is 13.0. The Labute approximate surface area is 251 Å². The first kappa shape index (κ1) is 35.1. The van der Waals surface area contributed by atoms with Gasteiger partial charge in [0.25, 0.3) is 0 Å². The summed E-state index contributed by atoms with van der Waals surface area (Å²) in [6.07, 6.45) is 0.698. The van der Waals surface area contributed by atoms with Crippen molar-refractivity contribution >= 4 is 17.6 Å². The average Bonchev–Trinajstić information content (AvgIpc) is 2.91. The molecule has 9 nitrogen and oxygen atoms in total. The van der Waals surface area contributed by atoms with Crippen LogP contribution in [0.15, 0.2) is 42.5 Å². The van der Waals surface area contributed by atoms with Crippen LogP contribution in [0.4, 0.5) is 5.69 Å². The zero-order valence-corrected chi connectivity index (χ0v) is 26.1. The van der Waals surface area contributed by atoms with Crippen LogP contribution in [-0.4, -0.2) is 60.3 Å². The molecule has 0 saturated carbocycles. The van der Waals surface area contributed by atoms with Gasteiger partial charge < -0.3 is 35.1 Å². The third kappa shape index (κ3) is 14.7. The number of carbonyl (C=O) groups is 2. The monoisotopic (exact) mass is 586 g/mol. The number of esters is 1. The molecule has 0 aliphatic heterocycles. The van der Waals surface area contributed by atoms with Crippen molar-refractivity contribution in [3.63, 3.8) is 0 Å². The van der Waals surface area contributed by atoms with Crippen molar-refractivity contribution in [1.29, 1.82) is 0 Å². The van der Waals surface area contributed by atoms with E-state index in [1.54, 1.807) is 6.07 Å². The highest BCUT2D eigenvalue weighted by molar-refractivity contribution is 5.77.